The number of ether oxygens (including phenoxy) is 1. The number of nitrogens with zero attached hydrogens (tertiary/aromatic N) is 2. The summed E-state index contributed by atoms with van der Waals surface area (Å²) < 4.78 is 19.7. The van der Waals surface area contributed by atoms with Crippen molar-refractivity contribution in [3.63, 3.8) is 0 Å². The van der Waals surface area contributed by atoms with Crippen LogP contribution in [-0.2, 0) is 4.79 Å². The van der Waals surface area contributed by atoms with Crippen LogP contribution in [0.2, 0.25) is 0 Å². The van der Waals surface area contributed by atoms with Crippen molar-refractivity contribution >= 4 is 5.91 Å². The van der Waals surface area contributed by atoms with Crippen molar-refractivity contribution < 1.29 is 13.9 Å². The Morgan fingerprint density at radius 3 is 2.42 bits per heavy atom. The molecule has 0 unspecified atom stereocenters. The Bertz CT molecular complexity index is 1020. The zero-order valence-corrected chi connectivity index (χ0v) is 18.9. The molecule has 1 atom stereocenters. The third-order valence-corrected chi connectivity index (χ3v) is 6.29. The van der Waals surface area contributed by atoms with E-state index in [9.17, 15) is 9.18 Å². The molecule has 33 heavy (non-hydrogen) atoms. The zero-order valence-electron chi connectivity index (χ0n) is 18.9. The number of para-hydroxylation sites is 1. The Morgan fingerprint density at radius 1 is 1.06 bits per heavy atom. The summed E-state index contributed by atoms with van der Waals surface area (Å²) in [5, 5.41) is 3.35. The van der Waals surface area contributed by atoms with Gasteiger partial charge >= 0.3 is 0 Å². The lowest BCUT2D eigenvalue weighted by molar-refractivity contribution is -0.145. The monoisotopic (exact) mass is 447 g/mol. The number of nitrogens with one attached hydrogen (secondary N) is 1. The molecule has 1 N–H and O–H groups in total. The molecule has 1 aliphatic rings. The second-order valence-corrected chi connectivity index (χ2v) is 8.68. The summed E-state index contributed by atoms with van der Waals surface area (Å²) in [5.74, 6) is 0.518. The fourth-order valence-electron chi connectivity index (χ4n) is 4.36. The van der Waals surface area contributed by atoms with Crippen LogP contribution in [0, 0.1) is 11.2 Å². The molecule has 0 saturated carbocycles. The molecule has 0 bridgehead atoms. The molecule has 6 heteroatoms. The van der Waals surface area contributed by atoms with E-state index in [1.807, 2.05) is 60.4 Å². The van der Waals surface area contributed by atoms with E-state index in [-0.39, 0.29) is 11.7 Å². The molecule has 4 rings (SSSR count). The normalized spacial score (nSPS) is 16.1. The fraction of sp³-hybridized carbons (Fsp3) is 0.333. The van der Waals surface area contributed by atoms with Gasteiger partial charge < -0.3 is 15.0 Å². The van der Waals surface area contributed by atoms with Gasteiger partial charge in [-0.05, 0) is 67.9 Å². The molecule has 0 spiro atoms. The van der Waals surface area contributed by atoms with Crippen molar-refractivity contribution in [2.24, 2.45) is 5.41 Å². The van der Waals surface area contributed by atoms with E-state index in [0.717, 1.165) is 42.9 Å². The summed E-state index contributed by atoms with van der Waals surface area (Å²) in [4.78, 5) is 20.5. The zero-order chi connectivity index (χ0) is 23.1. The van der Waals surface area contributed by atoms with E-state index in [2.05, 4.69) is 10.3 Å². The predicted molar refractivity (Wildman–Crippen MR) is 126 cm³/mol. The number of carbonyl (C=O) groups excluding carboxylic acids is 1. The average molecular weight is 448 g/mol. The summed E-state index contributed by atoms with van der Waals surface area (Å²) in [6, 6.07) is 21.1. The molecule has 1 aromatic heterocycles. The van der Waals surface area contributed by atoms with Crippen LogP contribution in [0.15, 0.2) is 79.0 Å². The summed E-state index contributed by atoms with van der Waals surface area (Å²) >= 11 is 0. The topological polar surface area (TPSA) is 54.5 Å². The molecule has 1 saturated heterocycles. The Balaban J connectivity index is 1.68. The van der Waals surface area contributed by atoms with Crippen LogP contribution in [0.25, 0.3) is 0 Å². The van der Waals surface area contributed by atoms with Gasteiger partial charge in [-0.15, -0.1) is 0 Å². The van der Waals surface area contributed by atoms with Crippen LogP contribution in [0.4, 0.5) is 4.39 Å². The van der Waals surface area contributed by atoms with Crippen LogP contribution in [0.3, 0.4) is 0 Å². The lowest BCUT2D eigenvalue weighted by atomic mass is 9.79. The van der Waals surface area contributed by atoms with Crippen LogP contribution in [0.1, 0.15) is 37.1 Å². The van der Waals surface area contributed by atoms with Crippen molar-refractivity contribution in [2.75, 3.05) is 26.2 Å². The molecule has 0 radical (unpaired) electrons. The van der Waals surface area contributed by atoms with Crippen molar-refractivity contribution in [3.05, 3.63) is 96.1 Å². The van der Waals surface area contributed by atoms with Gasteiger partial charge in [0, 0.05) is 11.6 Å². The Labute approximate surface area is 194 Å². The van der Waals surface area contributed by atoms with E-state index in [0.29, 0.717) is 13.2 Å². The van der Waals surface area contributed by atoms with Gasteiger partial charge in [0.1, 0.15) is 18.2 Å². The van der Waals surface area contributed by atoms with Crippen LogP contribution in [0.5, 0.6) is 5.75 Å². The first-order valence-electron chi connectivity index (χ1n) is 11.4. The highest BCUT2D eigenvalue weighted by Crippen LogP contribution is 2.36. The third kappa shape index (κ3) is 5.57. The minimum absolute atomic E-state index is 0.0700. The highest BCUT2D eigenvalue weighted by atomic mass is 19.1. The first-order chi connectivity index (χ1) is 16.1. The lowest BCUT2D eigenvalue weighted by Gasteiger charge is -2.41. The number of aromatic nitrogens is 1. The van der Waals surface area contributed by atoms with Gasteiger partial charge in [-0.1, -0.05) is 43.3 Å². The molecule has 2 aromatic carbocycles. The second-order valence-electron chi connectivity index (χ2n) is 8.68. The molecule has 0 aliphatic carbocycles. The van der Waals surface area contributed by atoms with Crippen molar-refractivity contribution in [1.29, 1.82) is 0 Å². The number of pyridine rings is 1. The summed E-state index contributed by atoms with van der Waals surface area (Å²) in [6.45, 7) is 4.38. The van der Waals surface area contributed by atoms with E-state index in [4.69, 9.17) is 4.74 Å². The maximum atomic E-state index is 14.1. The molecular weight excluding hydrogens is 417 g/mol. The van der Waals surface area contributed by atoms with E-state index >= 15 is 0 Å². The van der Waals surface area contributed by atoms with Gasteiger partial charge in [-0.25, -0.2) is 4.39 Å². The molecule has 1 aliphatic heterocycles. The SMILES string of the molecule is CC1(C(=O)N(CCOc2ccccc2)[C@H](c2ccc(F)cc2)c2ccccn2)CCNCC1. The van der Waals surface area contributed by atoms with Gasteiger partial charge in [0.25, 0.3) is 0 Å². The van der Waals surface area contributed by atoms with Crippen LogP contribution < -0.4 is 10.1 Å². The highest BCUT2D eigenvalue weighted by Gasteiger charge is 2.41. The molecule has 172 valence electrons. The van der Waals surface area contributed by atoms with Crippen molar-refractivity contribution in [2.45, 2.75) is 25.8 Å². The number of piperidine rings is 1. The Hall–Kier alpha value is -3.25. The van der Waals surface area contributed by atoms with Gasteiger partial charge in [0.15, 0.2) is 0 Å². The summed E-state index contributed by atoms with van der Waals surface area (Å²) in [6.07, 6.45) is 3.25. The number of rotatable bonds is 8. The first-order valence-corrected chi connectivity index (χ1v) is 11.4. The van der Waals surface area contributed by atoms with Crippen LogP contribution in [-0.4, -0.2) is 42.0 Å². The van der Waals surface area contributed by atoms with E-state index in [1.54, 1.807) is 18.3 Å². The number of benzene rings is 2. The number of carbonyl (C=O) groups is 1. The second kappa shape index (κ2) is 10.6. The number of halogens is 1. The van der Waals surface area contributed by atoms with Crippen molar-refractivity contribution in [1.82, 2.24) is 15.2 Å². The molecule has 2 heterocycles. The smallest absolute Gasteiger partial charge is 0.229 e. The number of hydrogen-bond acceptors (Lipinski definition) is 4. The number of amides is 1. The molecule has 1 amide bonds. The van der Waals surface area contributed by atoms with Gasteiger partial charge in [-0.2, -0.15) is 0 Å². The Morgan fingerprint density at radius 2 is 1.76 bits per heavy atom. The van der Waals surface area contributed by atoms with Crippen LogP contribution >= 0.6 is 0 Å². The summed E-state index contributed by atoms with van der Waals surface area (Å²) in [5.41, 5.74) is 1.08. The average Bonchev–Trinajstić information content (AvgIpc) is 2.86. The molecule has 1 fully saturated rings. The largest absolute Gasteiger partial charge is 0.492 e. The maximum absolute atomic E-state index is 14.1. The first kappa shape index (κ1) is 22.9. The van der Waals surface area contributed by atoms with Gasteiger partial charge in [0.2, 0.25) is 5.91 Å². The highest BCUT2D eigenvalue weighted by molar-refractivity contribution is 5.83. The third-order valence-electron chi connectivity index (χ3n) is 6.29. The quantitative estimate of drug-likeness (QED) is 0.548. The van der Waals surface area contributed by atoms with Crippen molar-refractivity contribution in [3.8, 4) is 5.75 Å². The predicted octanol–water partition coefficient (Wildman–Crippen LogP) is 4.61. The maximum Gasteiger partial charge on any atom is 0.229 e. The minimum atomic E-state index is -0.481. The molecule has 3 aromatic rings. The van der Waals surface area contributed by atoms with E-state index in [1.165, 1.54) is 12.1 Å². The van der Waals surface area contributed by atoms with Gasteiger partial charge in [-0.3, -0.25) is 9.78 Å². The molecular formula is C27H30FN3O2. The number of hydrogen-bond donors (Lipinski definition) is 1. The standard InChI is InChI=1S/C27H30FN3O2/c1-27(14-17-29-18-15-27)26(32)31(19-20-33-23-7-3-2-4-8-23)25(24-9-5-6-16-30-24)21-10-12-22(28)13-11-21/h2-13,16,25,29H,14-15,17-20H2,1H3/t25-/m1/s1. The summed E-state index contributed by atoms with van der Waals surface area (Å²) in [7, 11) is 0. The fourth-order valence-corrected chi connectivity index (χ4v) is 4.36. The minimum Gasteiger partial charge on any atom is -0.492 e. The Kier molecular flexibility index (Phi) is 7.35. The van der Waals surface area contributed by atoms with E-state index < -0.39 is 11.5 Å². The van der Waals surface area contributed by atoms with Gasteiger partial charge in [0.05, 0.1) is 18.3 Å². The lowest BCUT2D eigenvalue weighted by Crippen LogP contribution is -2.50. The molecule has 5 nitrogen and oxygen atoms in total.